The lowest BCUT2D eigenvalue weighted by Gasteiger charge is -2.18. The number of halogens is 1. The molecule has 1 aromatic carbocycles. The zero-order valence-electron chi connectivity index (χ0n) is 17.4. The number of carbonyl (C=O) groups excluding carboxylic acids is 1. The molecule has 1 aromatic heterocycles. The van der Waals surface area contributed by atoms with E-state index in [9.17, 15) is 14.3 Å². The van der Waals surface area contributed by atoms with Gasteiger partial charge in [0.25, 0.3) is 5.91 Å². The number of benzene rings is 1. The number of nitrogens with one attached hydrogen (secondary N) is 3. The van der Waals surface area contributed by atoms with Crippen molar-refractivity contribution in [2.45, 2.75) is 33.9 Å². The topological polar surface area (TPSA) is 80.4 Å². The Hall–Kier alpha value is -2.64. The Morgan fingerprint density at radius 2 is 2.03 bits per heavy atom. The van der Waals surface area contributed by atoms with Crippen molar-refractivity contribution in [3.63, 3.8) is 0 Å². The summed E-state index contributed by atoms with van der Waals surface area (Å²) in [5, 5.41) is 16.3. The maximum absolute atomic E-state index is 13.7. The molecule has 6 nitrogen and oxygen atoms in total. The molecule has 29 heavy (non-hydrogen) atoms. The molecule has 0 bridgehead atoms. The maximum Gasteiger partial charge on any atom is 0.253 e. The first kappa shape index (κ1) is 21.1. The lowest BCUT2D eigenvalue weighted by atomic mass is 10.0. The van der Waals surface area contributed by atoms with Gasteiger partial charge in [0.1, 0.15) is 5.82 Å². The summed E-state index contributed by atoms with van der Waals surface area (Å²) in [5.41, 5.74) is 4.76. The Morgan fingerprint density at radius 3 is 2.72 bits per heavy atom. The molecule has 0 spiro atoms. The molecule has 0 aliphatic carbocycles. The van der Waals surface area contributed by atoms with Crippen LogP contribution in [0.25, 0.3) is 11.6 Å². The van der Waals surface area contributed by atoms with E-state index in [1.807, 2.05) is 13.8 Å². The number of aliphatic hydroxyl groups is 1. The first-order chi connectivity index (χ1) is 13.8. The largest absolute Gasteiger partial charge is 0.369 e. The highest BCUT2D eigenvalue weighted by atomic mass is 19.1. The fraction of sp³-hybridized carbons (Fsp3) is 0.409. The van der Waals surface area contributed by atoms with Gasteiger partial charge in [0, 0.05) is 41.3 Å². The number of aliphatic hydroxyl groups excluding tert-OH is 1. The molecular formula is C22H29FN4O2. The fourth-order valence-electron chi connectivity index (χ4n) is 3.78. The molecule has 156 valence electrons. The van der Waals surface area contributed by atoms with Crippen LogP contribution in [0.3, 0.4) is 0 Å². The number of nitrogens with zero attached hydrogens (tertiary/aromatic N) is 1. The van der Waals surface area contributed by atoms with E-state index in [0.29, 0.717) is 28.9 Å². The number of anilines is 1. The fourth-order valence-corrected chi connectivity index (χ4v) is 3.78. The van der Waals surface area contributed by atoms with E-state index in [1.165, 1.54) is 12.1 Å². The molecule has 7 heteroatoms. The van der Waals surface area contributed by atoms with Gasteiger partial charge in [-0.2, -0.15) is 0 Å². The van der Waals surface area contributed by atoms with Gasteiger partial charge in [-0.15, -0.1) is 0 Å². The molecule has 1 atom stereocenters. The van der Waals surface area contributed by atoms with Crippen LogP contribution in [0.2, 0.25) is 0 Å². The third-order valence-electron chi connectivity index (χ3n) is 5.49. The van der Waals surface area contributed by atoms with Crippen LogP contribution in [0.5, 0.6) is 0 Å². The van der Waals surface area contributed by atoms with Crippen LogP contribution in [-0.4, -0.2) is 53.3 Å². The Balaban J connectivity index is 1.82. The predicted molar refractivity (Wildman–Crippen MR) is 114 cm³/mol. The number of fused-ring (bicyclic) bond motifs is 1. The van der Waals surface area contributed by atoms with E-state index < -0.39 is 6.23 Å². The van der Waals surface area contributed by atoms with E-state index in [2.05, 4.69) is 34.4 Å². The van der Waals surface area contributed by atoms with Crippen LogP contribution >= 0.6 is 0 Å². The number of carbonyl (C=O) groups is 1. The van der Waals surface area contributed by atoms with Crippen LogP contribution in [0, 0.1) is 19.7 Å². The van der Waals surface area contributed by atoms with Crippen molar-refractivity contribution in [2.24, 2.45) is 0 Å². The number of rotatable bonds is 7. The van der Waals surface area contributed by atoms with Crippen LogP contribution in [0.15, 0.2) is 18.2 Å². The van der Waals surface area contributed by atoms with Crippen LogP contribution in [0.1, 0.15) is 46.7 Å². The van der Waals surface area contributed by atoms with Gasteiger partial charge < -0.3 is 25.6 Å². The summed E-state index contributed by atoms with van der Waals surface area (Å²) in [6.45, 7) is 11.2. The minimum atomic E-state index is -0.929. The molecular weight excluding hydrogens is 371 g/mol. The van der Waals surface area contributed by atoms with Crippen LogP contribution < -0.4 is 10.6 Å². The second-order valence-corrected chi connectivity index (χ2v) is 7.28. The monoisotopic (exact) mass is 400 g/mol. The van der Waals surface area contributed by atoms with Crippen molar-refractivity contribution < 1.29 is 14.3 Å². The highest BCUT2D eigenvalue weighted by Gasteiger charge is 2.26. The van der Waals surface area contributed by atoms with Gasteiger partial charge in [-0.25, -0.2) is 4.39 Å². The highest BCUT2D eigenvalue weighted by Crippen LogP contribution is 2.36. The average molecular weight is 400 g/mol. The van der Waals surface area contributed by atoms with E-state index in [4.69, 9.17) is 0 Å². The molecule has 1 aliphatic heterocycles. The van der Waals surface area contributed by atoms with Crippen molar-refractivity contribution in [2.75, 3.05) is 31.5 Å². The lowest BCUT2D eigenvalue weighted by molar-refractivity contribution is 0.0948. The summed E-state index contributed by atoms with van der Waals surface area (Å²) in [4.78, 5) is 18.2. The number of aryl methyl sites for hydroxylation is 1. The maximum atomic E-state index is 13.7. The normalized spacial score (nSPS) is 16.9. The number of aromatic nitrogens is 1. The van der Waals surface area contributed by atoms with Crippen molar-refractivity contribution in [1.29, 1.82) is 0 Å². The molecule has 4 N–H and O–H groups in total. The molecule has 3 rings (SSSR count). The van der Waals surface area contributed by atoms with E-state index in [0.717, 1.165) is 36.6 Å². The second-order valence-electron chi connectivity index (χ2n) is 7.28. The number of hydrogen-bond acceptors (Lipinski definition) is 4. The minimum absolute atomic E-state index is 0.121. The molecule has 2 heterocycles. The molecule has 0 radical (unpaired) electrons. The van der Waals surface area contributed by atoms with Crippen LogP contribution in [-0.2, 0) is 0 Å². The van der Waals surface area contributed by atoms with Crippen molar-refractivity contribution in [1.82, 2.24) is 15.2 Å². The zero-order chi connectivity index (χ0) is 21.1. The number of amides is 1. The Kier molecular flexibility index (Phi) is 6.39. The van der Waals surface area contributed by atoms with E-state index in [-0.39, 0.29) is 11.7 Å². The van der Waals surface area contributed by atoms with Gasteiger partial charge >= 0.3 is 0 Å². The van der Waals surface area contributed by atoms with Gasteiger partial charge in [0.05, 0.1) is 5.56 Å². The molecule has 1 unspecified atom stereocenters. The number of hydrogen-bond donors (Lipinski definition) is 4. The Morgan fingerprint density at radius 1 is 1.31 bits per heavy atom. The number of H-pyrrole nitrogens is 1. The summed E-state index contributed by atoms with van der Waals surface area (Å²) in [7, 11) is 0. The van der Waals surface area contributed by atoms with Gasteiger partial charge in [-0.3, -0.25) is 4.79 Å². The SMILES string of the molecule is CCN(CC)CCNC(=O)c1c(C)[nH]c(C=C2c3cc(F)ccc3NC2O)c1C. The smallest absolute Gasteiger partial charge is 0.253 e. The second kappa shape index (κ2) is 8.80. The van der Waals surface area contributed by atoms with Gasteiger partial charge in [0.2, 0.25) is 0 Å². The zero-order valence-corrected chi connectivity index (χ0v) is 17.4. The predicted octanol–water partition coefficient (Wildman–Crippen LogP) is 3.13. The third kappa shape index (κ3) is 4.36. The molecule has 0 fully saturated rings. The molecule has 0 saturated carbocycles. The van der Waals surface area contributed by atoms with Crippen molar-refractivity contribution in [3.05, 3.63) is 52.1 Å². The number of likely N-dealkylation sites (N-methyl/N-ethyl adjacent to an activating group) is 1. The minimum Gasteiger partial charge on any atom is -0.369 e. The summed E-state index contributed by atoms with van der Waals surface area (Å²) < 4.78 is 13.7. The quantitative estimate of drug-likeness (QED) is 0.576. The standard InChI is InChI=1S/C22H29FN4O2/c1-5-27(6-2)10-9-24-22(29)20-13(3)19(25-14(20)4)12-17-16-11-15(23)7-8-18(16)26-21(17)28/h7-8,11-12,21,25-26,28H,5-6,9-10H2,1-4H3,(H,24,29). The van der Waals surface area contributed by atoms with Gasteiger partial charge in [-0.1, -0.05) is 13.8 Å². The van der Waals surface area contributed by atoms with E-state index in [1.54, 1.807) is 12.1 Å². The molecule has 1 aliphatic rings. The first-order valence-corrected chi connectivity index (χ1v) is 10.0. The van der Waals surface area contributed by atoms with Crippen LogP contribution in [0.4, 0.5) is 10.1 Å². The first-order valence-electron chi connectivity index (χ1n) is 10.0. The van der Waals surface area contributed by atoms with Crippen molar-refractivity contribution >= 4 is 23.2 Å². The molecule has 2 aromatic rings. The van der Waals surface area contributed by atoms with E-state index >= 15 is 0 Å². The summed E-state index contributed by atoms with van der Waals surface area (Å²) in [6, 6.07) is 4.36. The van der Waals surface area contributed by atoms with Crippen molar-refractivity contribution in [3.8, 4) is 0 Å². The number of aromatic amines is 1. The Labute approximate surface area is 170 Å². The molecule has 0 saturated heterocycles. The highest BCUT2D eigenvalue weighted by molar-refractivity contribution is 5.99. The van der Waals surface area contributed by atoms with Gasteiger partial charge in [0.15, 0.2) is 6.23 Å². The Bertz CT molecular complexity index is 931. The summed E-state index contributed by atoms with van der Waals surface area (Å²) >= 11 is 0. The lowest BCUT2D eigenvalue weighted by Crippen LogP contribution is -2.35. The molecule has 1 amide bonds. The van der Waals surface area contributed by atoms with Gasteiger partial charge in [-0.05, 0) is 56.8 Å². The summed E-state index contributed by atoms with van der Waals surface area (Å²) in [5.74, 6) is -0.484. The summed E-state index contributed by atoms with van der Waals surface area (Å²) in [6.07, 6.45) is 0.846. The average Bonchev–Trinajstić information content (AvgIpc) is 3.14. The third-order valence-corrected chi connectivity index (χ3v) is 5.49.